The van der Waals surface area contributed by atoms with Gasteiger partial charge in [0.25, 0.3) is 0 Å². The quantitative estimate of drug-likeness (QED) is 0.251. The molecular weight excluding hydrogens is 506 g/mol. The van der Waals surface area contributed by atoms with Gasteiger partial charge in [0.2, 0.25) is 0 Å². The highest BCUT2D eigenvalue weighted by atomic mass is 35.5. The lowest BCUT2D eigenvalue weighted by Crippen LogP contribution is -2.33. The molecule has 0 radical (unpaired) electrons. The molecule has 3 unspecified atom stereocenters. The third-order valence-corrected chi connectivity index (χ3v) is 8.85. The molecule has 2 fully saturated rings. The number of hydrogen-bond donors (Lipinski definition) is 6. The Morgan fingerprint density at radius 2 is 2.03 bits per heavy atom. The maximum atomic E-state index is 11.9. The number of aromatic nitrogens is 3. The Morgan fingerprint density at radius 1 is 1.27 bits per heavy atom. The molecule has 2 aromatic heterocycles. The van der Waals surface area contributed by atoms with E-state index in [2.05, 4.69) is 15.4 Å². The van der Waals surface area contributed by atoms with Crippen LogP contribution in [0.15, 0.2) is 12.3 Å². The maximum absolute atomic E-state index is 11.9. The third kappa shape index (κ3) is 5.75. The van der Waals surface area contributed by atoms with Crippen molar-refractivity contribution in [3.05, 3.63) is 23.1 Å². The second-order valence-electron chi connectivity index (χ2n) is 7.82. The highest BCUT2D eigenvalue weighted by Gasteiger charge is 2.46. The molecule has 2 saturated heterocycles. The van der Waals surface area contributed by atoms with Crippen LogP contribution < -0.4 is 5.32 Å². The summed E-state index contributed by atoms with van der Waals surface area (Å²) in [6.45, 7) is 0.460. The lowest BCUT2D eigenvalue weighted by Gasteiger charge is -2.18. The standard InChI is InChI=1S/C16H23ClN4O10P2/c17-12-3-9(19-8-1-2-29-5-8)16-18-4-10(21(16)20-12)15-14(23)13(22)11(31-15)6-30-33(27,28)7-32(24,25)26/h3-4,8,11,13-15,19,22-23H,1-2,5-7H2,(H,27,28)(H2,24,25,26)/t8?,11-,13-,14-,15?/m1/s1. The van der Waals surface area contributed by atoms with Crippen LogP contribution in [0.2, 0.25) is 5.15 Å². The van der Waals surface area contributed by atoms with Gasteiger partial charge in [-0.15, -0.1) is 0 Å². The van der Waals surface area contributed by atoms with Crippen molar-refractivity contribution in [3.8, 4) is 0 Å². The van der Waals surface area contributed by atoms with Gasteiger partial charge in [-0.3, -0.25) is 9.13 Å². The molecule has 4 heterocycles. The molecular formula is C16H23ClN4O10P2. The summed E-state index contributed by atoms with van der Waals surface area (Å²) >= 11 is 6.17. The molecule has 6 N–H and O–H groups in total. The van der Waals surface area contributed by atoms with Crippen molar-refractivity contribution in [2.75, 3.05) is 31.0 Å². The van der Waals surface area contributed by atoms with E-state index >= 15 is 0 Å². The number of aliphatic hydroxyl groups excluding tert-OH is 2. The first-order chi connectivity index (χ1) is 15.4. The second kappa shape index (κ2) is 9.48. The summed E-state index contributed by atoms with van der Waals surface area (Å²) in [7, 11) is -9.47. The van der Waals surface area contributed by atoms with E-state index < -0.39 is 52.1 Å². The van der Waals surface area contributed by atoms with Crippen LogP contribution in [0.1, 0.15) is 18.2 Å². The van der Waals surface area contributed by atoms with Crippen molar-refractivity contribution < 1.29 is 48.0 Å². The molecule has 184 valence electrons. The van der Waals surface area contributed by atoms with E-state index in [1.54, 1.807) is 6.07 Å². The van der Waals surface area contributed by atoms with Gasteiger partial charge in [-0.25, -0.2) is 9.50 Å². The summed E-state index contributed by atoms with van der Waals surface area (Å²) in [4.78, 5) is 31.7. The van der Waals surface area contributed by atoms with Crippen LogP contribution >= 0.6 is 26.8 Å². The van der Waals surface area contributed by atoms with E-state index in [9.17, 15) is 24.2 Å². The lowest BCUT2D eigenvalue weighted by molar-refractivity contribution is -0.0204. The number of rotatable bonds is 8. The molecule has 0 spiro atoms. The van der Waals surface area contributed by atoms with Gasteiger partial charge < -0.3 is 44.2 Å². The van der Waals surface area contributed by atoms with Crippen LogP contribution in [0.25, 0.3) is 5.65 Å². The van der Waals surface area contributed by atoms with E-state index in [0.717, 1.165) is 6.42 Å². The monoisotopic (exact) mass is 528 g/mol. The normalized spacial score (nSPS) is 30.1. The Kier molecular flexibility index (Phi) is 7.17. The molecule has 0 saturated carbocycles. The largest absolute Gasteiger partial charge is 0.387 e. The summed E-state index contributed by atoms with van der Waals surface area (Å²) in [6.07, 6.45) is -3.21. The fourth-order valence-electron chi connectivity index (χ4n) is 3.72. The van der Waals surface area contributed by atoms with Crippen molar-refractivity contribution in [1.29, 1.82) is 0 Å². The summed E-state index contributed by atoms with van der Waals surface area (Å²) in [5.41, 5.74) is 1.24. The summed E-state index contributed by atoms with van der Waals surface area (Å²) in [6, 6.07) is 1.66. The van der Waals surface area contributed by atoms with E-state index in [1.165, 1.54) is 10.7 Å². The van der Waals surface area contributed by atoms with Gasteiger partial charge >= 0.3 is 15.2 Å². The highest BCUT2D eigenvalue weighted by Crippen LogP contribution is 2.55. The number of ether oxygens (including phenoxy) is 2. The van der Waals surface area contributed by atoms with Gasteiger partial charge in [-0.2, -0.15) is 5.10 Å². The highest BCUT2D eigenvalue weighted by molar-refractivity contribution is 7.70. The van der Waals surface area contributed by atoms with Crippen LogP contribution in [-0.2, 0) is 23.1 Å². The van der Waals surface area contributed by atoms with E-state index in [1.807, 2.05) is 0 Å². The minimum absolute atomic E-state index is 0.0615. The molecule has 2 aliphatic heterocycles. The van der Waals surface area contributed by atoms with E-state index in [-0.39, 0.29) is 16.9 Å². The predicted octanol–water partition coefficient (Wildman–Crippen LogP) is 0.0824. The lowest BCUT2D eigenvalue weighted by atomic mass is 10.1. The third-order valence-electron chi connectivity index (χ3n) is 5.21. The van der Waals surface area contributed by atoms with Crippen molar-refractivity contribution >= 4 is 38.1 Å². The van der Waals surface area contributed by atoms with Crippen LogP contribution in [0.3, 0.4) is 0 Å². The molecule has 0 aliphatic carbocycles. The zero-order chi connectivity index (χ0) is 24.0. The zero-order valence-corrected chi connectivity index (χ0v) is 19.5. The SMILES string of the molecule is O=P(O)(O)CP(=O)(O)OC[C@H]1OC(c2cnc3c(NC4CCOC4)cc(Cl)nn23)[C@H](O)[C@@H]1O. The number of aliphatic hydroxyl groups is 2. The number of nitrogens with zero attached hydrogens (tertiary/aromatic N) is 3. The maximum Gasteiger partial charge on any atom is 0.340 e. The molecule has 17 heteroatoms. The first-order valence-electron chi connectivity index (χ1n) is 9.84. The minimum atomic E-state index is -4.81. The number of nitrogens with one attached hydrogen (secondary N) is 1. The number of imidazole rings is 1. The van der Waals surface area contributed by atoms with Gasteiger partial charge in [0.1, 0.15) is 24.4 Å². The molecule has 6 atom stereocenters. The Balaban J connectivity index is 1.53. The zero-order valence-electron chi connectivity index (χ0n) is 17.0. The van der Waals surface area contributed by atoms with Crippen LogP contribution in [-0.4, -0.2) is 89.6 Å². The van der Waals surface area contributed by atoms with Gasteiger partial charge in [0.15, 0.2) is 16.7 Å². The molecule has 2 aliphatic rings. The van der Waals surface area contributed by atoms with Gasteiger partial charge in [0.05, 0.1) is 36.8 Å². The van der Waals surface area contributed by atoms with Crippen molar-refractivity contribution in [3.63, 3.8) is 0 Å². The number of anilines is 1. The number of fused-ring (bicyclic) bond motifs is 1. The molecule has 0 amide bonds. The van der Waals surface area contributed by atoms with Gasteiger partial charge in [0, 0.05) is 12.7 Å². The summed E-state index contributed by atoms with van der Waals surface area (Å²) < 4.78 is 39.9. The smallest absolute Gasteiger partial charge is 0.340 e. The van der Waals surface area contributed by atoms with Crippen molar-refractivity contribution in [2.45, 2.75) is 36.9 Å². The first kappa shape index (κ1) is 25.0. The number of hydrogen-bond acceptors (Lipinski definition) is 10. The van der Waals surface area contributed by atoms with Crippen LogP contribution in [0.5, 0.6) is 0 Å². The van der Waals surface area contributed by atoms with Gasteiger partial charge in [-0.05, 0) is 6.42 Å². The molecule has 2 aromatic rings. The van der Waals surface area contributed by atoms with Crippen LogP contribution in [0.4, 0.5) is 5.69 Å². The topological polar surface area (TPSA) is 205 Å². The average molecular weight is 529 g/mol. The van der Waals surface area contributed by atoms with Crippen molar-refractivity contribution in [2.24, 2.45) is 0 Å². The van der Waals surface area contributed by atoms with Crippen molar-refractivity contribution in [1.82, 2.24) is 14.6 Å². The molecule has 4 rings (SSSR count). The molecule has 14 nitrogen and oxygen atoms in total. The number of halogens is 1. The molecule has 0 aromatic carbocycles. The molecule has 33 heavy (non-hydrogen) atoms. The second-order valence-corrected chi connectivity index (χ2v) is 12.2. The average Bonchev–Trinajstić information content (AvgIpc) is 3.40. The fraction of sp³-hybridized carbons (Fsp3) is 0.625. The predicted molar refractivity (Wildman–Crippen MR) is 113 cm³/mol. The Bertz CT molecular complexity index is 1110. The summed E-state index contributed by atoms with van der Waals surface area (Å²) in [5, 5.41) is 28.5. The summed E-state index contributed by atoms with van der Waals surface area (Å²) in [5.74, 6) is -1.38. The Morgan fingerprint density at radius 3 is 2.70 bits per heavy atom. The Hall–Kier alpha value is -1.15. The molecule has 0 bridgehead atoms. The minimum Gasteiger partial charge on any atom is -0.387 e. The first-order valence-corrected chi connectivity index (χ1v) is 13.8. The van der Waals surface area contributed by atoms with E-state index in [4.69, 9.17) is 35.4 Å². The van der Waals surface area contributed by atoms with E-state index in [0.29, 0.717) is 24.5 Å². The Labute approximate surface area is 192 Å². The van der Waals surface area contributed by atoms with Gasteiger partial charge in [-0.1, -0.05) is 11.6 Å². The van der Waals surface area contributed by atoms with Crippen LogP contribution in [0, 0.1) is 0 Å². The fourth-order valence-corrected chi connectivity index (χ4v) is 6.47.